The smallest absolute Gasteiger partial charge is 0.476 e. The molecule has 4 N–H and O–H groups in total. The molecule has 11 rings (SSSR count). The van der Waals surface area contributed by atoms with Crippen LogP contribution in [-0.2, 0) is 38.0 Å². The van der Waals surface area contributed by atoms with E-state index < -0.39 is 25.0 Å². The van der Waals surface area contributed by atoms with Crippen molar-refractivity contribution in [2.24, 2.45) is 5.73 Å². The summed E-state index contributed by atoms with van der Waals surface area (Å²) in [6.07, 6.45) is 3.72. The standard InChI is InChI=1S/C24H31BrN2O4.C20H13O4P.C15H21BrN2O2.C8H11NO3/c1-23(2,3)21-26-19(14-30-21)20(28)12-15-9-10-27(22(29)31-24(4,5)6)13-16-11-17(25)7-8-18(15)16;21-25(22)23-17-11-9-13-5-1-3-7-15(13)19(17)20-16-8-4-2-6-14(16)10-12-18(20)24-25;1-15(2,3)20-14(19)18-7-6-13(17)12-5-4-11(16)8-10(12)9-18;1-8(2,3)7-9-5(4-12-7)6(10)11/h7-8,11,14-15H,9-10,12-13H2,1-6H3;1-12H,(H,21,22);4-5,8,13H,6-7,9,17H2,1-3H3;4H,1-3H3,(H,10,11)/t15-;;13-;/m0.1./s1. The van der Waals surface area contributed by atoms with Gasteiger partial charge in [-0.2, -0.15) is 0 Å². The molecule has 0 radical (unpaired) electrons. The number of carbonyl (C=O) groups excluding carboxylic acids is 3. The van der Waals surface area contributed by atoms with Gasteiger partial charge in [0.15, 0.2) is 23.3 Å². The Labute approximate surface area is 530 Å². The van der Waals surface area contributed by atoms with Crippen LogP contribution < -0.4 is 14.8 Å². The molecule has 88 heavy (non-hydrogen) atoms. The van der Waals surface area contributed by atoms with Crippen LogP contribution in [0.5, 0.6) is 11.5 Å². The van der Waals surface area contributed by atoms with Crippen LogP contribution in [0.1, 0.15) is 169 Å². The van der Waals surface area contributed by atoms with E-state index in [4.69, 9.17) is 38.2 Å². The number of phosphoric acid groups is 1. The van der Waals surface area contributed by atoms with Gasteiger partial charge in [-0.3, -0.25) is 9.69 Å². The number of fused-ring (bicyclic) bond motifs is 9. The van der Waals surface area contributed by atoms with Crippen molar-refractivity contribution >= 4 is 85.2 Å². The molecule has 0 unspecified atom stereocenters. The van der Waals surface area contributed by atoms with Crippen LogP contribution in [0, 0.1) is 0 Å². The quantitative estimate of drug-likeness (QED) is 0.109. The zero-order chi connectivity index (χ0) is 64.3. The Morgan fingerprint density at radius 3 is 1.49 bits per heavy atom. The molecule has 2 atom stereocenters. The Morgan fingerprint density at radius 2 is 1.05 bits per heavy atom. The number of phosphoric ester groups is 1. The molecule has 6 aromatic carbocycles. The van der Waals surface area contributed by atoms with Gasteiger partial charge in [0.05, 0.1) is 0 Å². The number of carbonyl (C=O) groups is 4. The van der Waals surface area contributed by atoms with Crippen molar-refractivity contribution in [2.75, 3.05) is 13.1 Å². The number of nitrogens with zero attached hydrogens (tertiary/aromatic N) is 4. The second-order valence-corrected chi connectivity index (χ2v) is 29.0. The first kappa shape index (κ1) is 66.6. The summed E-state index contributed by atoms with van der Waals surface area (Å²) >= 11 is 6.99. The highest BCUT2D eigenvalue weighted by molar-refractivity contribution is 9.10. The molecule has 0 spiro atoms. The molecular weight excluding hydrogens is 1270 g/mol. The van der Waals surface area contributed by atoms with Gasteiger partial charge in [-0.15, -0.1) is 0 Å². The zero-order valence-corrected chi connectivity index (χ0v) is 55.7. The molecule has 0 saturated heterocycles. The van der Waals surface area contributed by atoms with E-state index in [0.29, 0.717) is 68.0 Å². The molecule has 0 bridgehead atoms. The van der Waals surface area contributed by atoms with E-state index in [1.54, 1.807) is 21.9 Å². The molecule has 21 heteroatoms. The number of aromatic carboxylic acids is 1. The lowest BCUT2D eigenvalue weighted by atomic mass is 9.88. The number of Topliss-reactive ketones (excluding diaryl/α,β-unsaturated/α-hetero) is 1. The molecule has 2 amide bonds. The van der Waals surface area contributed by atoms with Crippen LogP contribution in [0.4, 0.5) is 9.59 Å². The summed E-state index contributed by atoms with van der Waals surface area (Å²) in [4.78, 5) is 70.1. The number of aromatic nitrogens is 2. The van der Waals surface area contributed by atoms with Gasteiger partial charge in [0.1, 0.15) is 40.9 Å². The number of amides is 2. The molecule has 0 fully saturated rings. The molecule has 3 aliphatic heterocycles. The van der Waals surface area contributed by atoms with E-state index in [1.807, 2.05) is 180 Å². The van der Waals surface area contributed by atoms with Crippen molar-refractivity contribution in [3.8, 4) is 22.6 Å². The maximum Gasteiger partial charge on any atom is 0.584 e. The van der Waals surface area contributed by atoms with Crippen molar-refractivity contribution in [2.45, 2.75) is 149 Å². The number of hydrogen-bond donors (Lipinski definition) is 3. The molecule has 18 nitrogen and oxygen atoms in total. The normalized spacial score (nSPS) is 16.2. The van der Waals surface area contributed by atoms with Gasteiger partial charge in [-0.05, 0) is 140 Å². The Morgan fingerprint density at radius 1 is 0.614 bits per heavy atom. The summed E-state index contributed by atoms with van der Waals surface area (Å²) in [6, 6.07) is 35.0. The van der Waals surface area contributed by atoms with E-state index in [-0.39, 0.29) is 46.5 Å². The lowest BCUT2D eigenvalue weighted by molar-refractivity contribution is 0.0224. The fraction of sp³-hybridized carbons (Fsp3) is 0.373. The third-order valence-corrected chi connectivity index (χ3v) is 16.1. The van der Waals surface area contributed by atoms with Crippen molar-refractivity contribution < 1.29 is 61.1 Å². The minimum Gasteiger partial charge on any atom is -0.476 e. The zero-order valence-electron chi connectivity index (χ0n) is 51.6. The molecule has 466 valence electrons. The van der Waals surface area contributed by atoms with Crippen molar-refractivity contribution in [1.82, 2.24) is 19.8 Å². The summed E-state index contributed by atoms with van der Waals surface area (Å²) in [5.74, 6) is 0.562. The maximum atomic E-state index is 13.0. The van der Waals surface area contributed by atoms with Gasteiger partial charge in [0, 0.05) is 69.5 Å². The number of rotatable bonds is 4. The van der Waals surface area contributed by atoms with Crippen LogP contribution in [0.15, 0.2) is 140 Å². The molecule has 3 aliphatic rings. The van der Waals surface area contributed by atoms with Crippen molar-refractivity contribution in [3.05, 3.63) is 176 Å². The summed E-state index contributed by atoms with van der Waals surface area (Å²) in [5, 5.41) is 12.5. The monoisotopic (exact) mass is 1350 g/mol. The number of ketones is 1. The number of nitrogens with two attached hydrogens (primary N) is 1. The van der Waals surface area contributed by atoms with Gasteiger partial charge in [0.2, 0.25) is 0 Å². The fourth-order valence-corrected chi connectivity index (χ4v) is 11.7. The fourth-order valence-electron chi connectivity index (χ4n) is 10.1. The average Bonchev–Trinajstić information content (AvgIpc) is 1.54. The summed E-state index contributed by atoms with van der Waals surface area (Å²) in [5.41, 5.74) is 10.8. The molecule has 2 aromatic heterocycles. The average molecular weight is 1350 g/mol. The first-order chi connectivity index (χ1) is 41.1. The lowest BCUT2D eigenvalue weighted by Crippen LogP contribution is -2.36. The van der Waals surface area contributed by atoms with Crippen molar-refractivity contribution in [3.63, 3.8) is 0 Å². The third kappa shape index (κ3) is 17.1. The van der Waals surface area contributed by atoms with Gasteiger partial charge in [0.25, 0.3) is 0 Å². The largest absolute Gasteiger partial charge is 0.584 e. The van der Waals surface area contributed by atoms with Crippen LogP contribution >= 0.6 is 39.7 Å². The molecule has 0 saturated carbocycles. The number of carboxylic acid groups (broad SMARTS) is 1. The first-order valence-electron chi connectivity index (χ1n) is 28.9. The summed E-state index contributed by atoms with van der Waals surface area (Å²) in [7, 11) is -4.25. The highest BCUT2D eigenvalue weighted by Crippen LogP contribution is 2.56. The SMILES string of the molecule is CC(C)(C)OC(=O)N1CC[C@@H](CC(=O)c2coc(C(C)(C)C)n2)c2ccc(Br)cc2C1.CC(C)(C)OC(=O)N1CC[C@@H](N)c2ccc(Br)cc2C1.CC(C)(C)c1nc(C(=O)O)co1.O=P1(O)Oc2ccc3ccccc3c2-c2c(ccc3ccccc23)O1. The molecule has 0 aliphatic carbocycles. The van der Waals surface area contributed by atoms with Crippen LogP contribution in [0.25, 0.3) is 32.7 Å². The second-order valence-electron chi connectivity index (χ2n) is 25.8. The molecule has 8 aromatic rings. The van der Waals surface area contributed by atoms with Gasteiger partial charge in [-0.1, -0.05) is 146 Å². The summed E-state index contributed by atoms with van der Waals surface area (Å²) < 4.78 is 46.6. The van der Waals surface area contributed by atoms with Crippen LogP contribution in [0.2, 0.25) is 0 Å². The van der Waals surface area contributed by atoms with E-state index in [0.717, 1.165) is 76.6 Å². The maximum absolute atomic E-state index is 13.0. The van der Waals surface area contributed by atoms with Crippen LogP contribution in [-0.4, -0.2) is 78.0 Å². The highest BCUT2D eigenvalue weighted by atomic mass is 79.9. The number of oxazole rings is 2. The number of hydrogen-bond acceptors (Lipinski definition) is 14. The number of ether oxygens (including phenoxy) is 2. The number of benzene rings is 6. The van der Waals surface area contributed by atoms with Crippen LogP contribution in [0.3, 0.4) is 0 Å². The minimum atomic E-state index is -4.25. The number of carboxylic acids is 1. The van der Waals surface area contributed by atoms with Gasteiger partial charge in [-0.25, -0.2) is 28.9 Å². The van der Waals surface area contributed by atoms with Gasteiger partial charge < -0.3 is 48.0 Å². The van der Waals surface area contributed by atoms with Crippen molar-refractivity contribution in [1.29, 1.82) is 0 Å². The van der Waals surface area contributed by atoms with E-state index in [2.05, 4.69) is 41.8 Å². The topological polar surface area (TPSA) is 247 Å². The Hall–Kier alpha value is -7.35. The predicted octanol–water partition coefficient (Wildman–Crippen LogP) is 17.0. The highest BCUT2D eigenvalue weighted by Gasteiger charge is 2.35. The Balaban J connectivity index is 0.000000159. The Kier molecular flexibility index (Phi) is 20.3. The lowest BCUT2D eigenvalue weighted by Gasteiger charge is -2.26. The van der Waals surface area contributed by atoms with E-state index in [1.165, 1.54) is 6.26 Å². The summed E-state index contributed by atoms with van der Waals surface area (Å²) in [6.45, 7) is 25.0. The molecule has 5 heterocycles. The predicted molar refractivity (Wildman–Crippen MR) is 345 cm³/mol. The Bertz CT molecular complexity index is 3840. The number of halogens is 2. The first-order valence-corrected chi connectivity index (χ1v) is 31.9. The minimum absolute atomic E-state index is 0.0159. The third-order valence-electron chi connectivity index (χ3n) is 14.2. The second kappa shape index (κ2) is 26.8. The molecular formula is C67H76Br2N5O13P. The van der Waals surface area contributed by atoms with Gasteiger partial charge >= 0.3 is 26.0 Å². The van der Waals surface area contributed by atoms with E-state index in [9.17, 15) is 28.6 Å². The van der Waals surface area contributed by atoms with E-state index >= 15 is 0 Å².